The van der Waals surface area contributed by atoms with Crippen molar-refractivity contribution in [2.45, 2.75) is 398 Å². The molecule has 0 aromatic carbocycles. The van der Waals surface area contributed by atoms with Crippen LogP contribution in [0.25, 0.3) is 0 Å². The Labute approximate surface area is 463 Å². The van der Waals surface area contributed by atoms with Gasteiger partial charge in [0.25, 0.3) is 0 Å². The molecule has 6 nitrogen and oxygen atoms in total. The Kier molecular flexibility index (Phi) is 62.9. The van der Waals surface area contributed by atoms with Crippen molar-refractivity contribution < 1.29 is 24.5 Å². The van der Waals surface area contributed by atoms with Gasteiger partial charge in [-0.1, -0.05) is 334 Å². The van der Waals surface area contributed by atoms with E-state index in [1.54, 1.807) is 0 Å². The first kappa shape index (κ1) is 72.6. The van der Waals surface area contributed by atoms with E-state index in [9.17, 15) is 19.8 Å². The van der Waals surface area contributed by atoms with Crippen molar-refractivity contribution in [2.75, 3.05) is 13.2 Å². The summed E-state index contributed by atoms with van der Waals surface area (Å²) >= 11 is 0. The number of nitrogens with one attached hydrogen (secondary N) is 1. The number of rotatable bonds is 64. The standard InChI is InChI=1S/C68H133NO5/c1-3-5-7-9-11-13-15-17-38-42-46-50-54-58-62-68(73)74-63-59-55-51-47-43-39-36-34-32-30-28-26-24-22-20-18-19-21-23-25-27-29-31-33-35-37-41-45-49-53-57-61-67(72)69-65(64-70)66(71)60-56-52-48-44-40-16-14-12-10-8-6-4-2/h20,22,65-66,70-71H,3-19,21,23-64H2,1-2H3,(H,69,72)/b22-20-. The highest BCUT2D eigenvalue weighted by molar-refractivity contribution is 5.76. The molecule has 0 bridgehead atoms. The number of allylic oxidation sites excluding steroid dienone is 2. The summed E-state index contributed by atoms with van der Waals surface area (Å²) in [6.45, 7) is 4.98. The van der Waals surface area contributed by atoms with Crippen LogP contribution in [0.1, 0.15) is 386 Å². The van der Waals surface area contributed by atoms with Crippen LogP contribution in [0.5, 0.6) is 0 Å². The summed E-state index contributed by atoms with van der Waals surface area (Å²) in [4.78, 5) is 24.5. The minimum Gasteiger partial charge on any atom is -0.466 e. The van der Waals surface area contributed by atoms with Crippen LogP contribution in [-0.2, 0) is 14.3 Å². The third-order valence-electron chi connectivity index (χ3n) is 16.1. The summed E-state index contributed by atoms with van der Waals surface area (Å²) in [6.07, 6.45) is 78.3. The van der Waals surface area contributed by atoms with E-state index in [0.717, 1.165) is 38.5 Å². The van der Waals surface area contributed by atoms with Gasteiger partial charge in [-0.15, -0.1) is 0 Å². The monoisotopic (exact) mass is 1040 g/mol. The number of hydrogen-bond donors (Lipinski definition) is 3. The number of aliphatic hydroxyl groups excluding tert-OH is 2. The summed E-state index contributed by atoms with van der Waals surface area (Å²) < 4.78 is 5.49. The molecule has 0 saturated heterocycles. The van der Waals surface area contributed by atoms with E-state index in [-0.39, 0.29) is 18.5 Å². The Hall–Kier alpha value is -1.40. The number of aliphatic hydroxyl groups is 2. The van der Waals surface area contributed by atoms with Crippen molar-refractivity contribution in [1.29, 1.82) is 0 Å². The first-order valence-electron chi connectivity index (χ1n) is 33.9. The Morgan fingerprint density at radius 1 is 0.365 bits per heavy atom. The number of unbranched alkanes of at least 4 members (excludes halogenated alkanes) is 51. The van der Waals surface area contributed by atoms with Crippen LogP contribution in [0.4, 0.5) is 0 Å². The van der Waals surface area contributed by atoms with E-state index < -0.39 is 12.1 Å². The van der Waals surface area contributed by atoms with Gasteiger partial charge in [-0.05, 0) is 51.4 Å². The van der Waals surface area contributed by atoms with Crippen LogP contribution in [0.3, 0.4) is 0 Å². The average molecular weight is 1040 g/mol. The van der Waals surface area contributed by atoms with Crippen LogP contribution in [0, 0.1) is 0 Å². The largest absolute Gasteiger partial charge is 0.466 e. The van der Waals surface area contributed by atoms with Gasteiger partial charge in [0.15, 0.2) is 0 Å². The Morgan fingerprint density at radius 2 is 0.635 bits per heavy atom. The average Bonchev–Trinajstić information content (AvgIpc) is 3.40. The molecule has 0 aromatic rings. The lowest BCUT2D eigenvalue weighted by Gasteiger charge is -2.22. The third-order valence-corrected chi connectivity index (χ3v) is 16.1. The summed E-state index contributed by atoms with van der Waals surface area (Å²) in [5.41, 5.74) is 0. The molecule has 0 aliphatic heterocycles. The summed E-state index contributed by atoms with van der Waals surface area (Å²) in [5.74, 6) is -0.0105. The fourth-order valence-electron chi connectivity index (χ4n) is 10.9. The van der Waals surface area contributed by atoms with Gasteiger partial charge >= 0.3 is 5.97 Å². The summed E-state index contributed by atoms with van der Waals surface area (Å²) in [5, 5.41) is 23.2. The normalized spacial score (nSPS) is 12.5. The van der Waals surface area contributed by atoms with Crippen molar-refractivity contribution in [3.8, 4) is 0 Å². The molecular formula is C68H133NO5. The van der Waals surface area contributed by atoms with E-state index in [1.165, 1.54) is 315 Å². The van der Waals surface area contributed by atoms with Crippen molar-refractivity contribution in [1.82, 2.24) is 5.32 Å². The maximum atomic E-state index is 12.5. The summed E-state index contributed by atoms with van der Waals surface area (Å²) in [7, 11) is 0. The predicted octanol–water partition coefficient (Wildman–Crippen LogP) is 21.6. The molecule has 74 heavy (non-hydrogen) atoms. The van der Waals surface area contributed by atoms with Crippen molar-refractivity contribution in [3.05, 3.63) is 12.2 Å². The van der Waals surface area contributed by atoms with E-state index in [0.29, 0.717) is 25.9 Å². The number of ether oxygens (including phenoxy) is 1. The number of carbonyl (C=O) groups excluding carboxylic acids is 2. The number of hydrogen-bond acceptors (Lipinski definition) is 5. The van der Waals surface area contributed by atoms with Crippen LogP contribution in [-0.4, -0.2) is 47.4 Å². The molecule has 2 atom stereocenters. The van der Waals surface area contributed by atoms with Crippen molar-refractivity contribution in [3.63, 3.8) is 0 Å². The van der Waals surface area contributed by atoms with E-state index in [2.05, 4.69) is 31.3 Å². The number of carbonyl (C=O) groups is 2. The zero-order valence-corrected chi connectivity index (χ0v) is 50.4. The van der Waals surface area contributed by atoms with Crippen LogP contribution in [0.2, 0.25) is 0 Å². The highest BCUT2D eigenvalue weighted by Crippen LogP contribution is 2.19. The van der Waals surface area contributed by atoms with Gasteiger partial charge in [0.1, 0.15) is 0 Å². The minimum absolute atomic E-state index is 0.0207. The second kappa shape index (κ2) is 64.1. The van der Waals surface area contributed by atoms with Crippen molar-refractivity contribution >= 4 is 11.9 Å². The quantitative estimate of drug-likeness (QED) is 0.0320. The first-order chi connectivity index (χ1) is 36.5. The molecule has 2 unspecified atom stereocenters. The molecule has 0 aliphatic carbocycles. The van der Waals surface area contributed by atoms with Crippen LogP contribution < -0.4 is 5.32 Å². The molecule has 0 rings (SSSR count). The van der Waals surface area contributed by atoms with Gasteiger partial charge in [0.2, 0.25) is 5.91 Å². The molecule has 0 spiro atoms. The molecule has 440 valence electrons. The topological polar surface area (TPSA) is 95.9 Å². The van der Waals surface area contributed by atoms with E-state index >= 15 is 0 Å². The lowest BCUT2D eigenvalue weighted by Crippen LogP contribution is -2.45. The fraction of sp³-hybridized carbons (Fsp3) is 0.941. The smallest absolute Gasteiger partial charge is 0.305 e. The molecule has 0 saturated carbocycles. The van der Waals surface area contributed by atoms with Crippen molar-refractivity contribution in [2.24, 2.45) is 0 Å². The molecular weight excluding hydrogens is 911 g/mol. The number of amides is 1. The summed E-state index contributed by atoms with van der Waals surface area (Å²) in [6, 6.07) is -0.538. The second-order valence-electron chi connectivity index (χ2n) is 23.5. The Bertz CT molecular complexity index is 1110. The lowest BCUT2D eigenvalue weighted by molar-refractivity contribution is -0.143. The molecule has 0 fully saturated rings. The maximum Gasteiger partial charge on any atom is 0.305 e. The van der Waals surface area contributed by atoms with Gasteiger partial charge in [0, 0.05) is 12.8 Å². The van der Waals surface area contributed by atoms with E-state index in [4.69, 9.17) is 4.74 Å². The predicted molar refractivity (Wildman–Crippen MR) is 324 cm³/mol. The van der Waals surface area contributed by atoms with E-state index in [1.807, 2.05) is 0 Å². The molecule has 0 aromatic heterocycles. The third kappa shape index (κ3) is 59.8. The molecule has 1 amide bonds. The number of esters is 1. The van der Waals surface area contributed by atoms with Gasteiger partial charge in [-0.3, -0.25) is 9.59 Å². The van der Waals surface area contributed by atoms with Crippen LogP contribution >= 0.6 is 0 Å². The molecule has 0 heterocycles. The Balaban J connectivity index is 3.33. The SMILES string of the molecule is CCCCCCCCCCCCCCCCC(=O)OCCCCCCCCCCCCCC/C=C\CCCCCCCCCCCCCCCCCC(=O)NC(CO)C(O)CCCCCCCCCCCCCC. The van der Waals surface area contributed by atoms with Gasteiger partial charge < -0.3 is 20.3 Å². The highest BCUT2D eigenvalue weighted by atomic mass is 16.5. The molecule has 0 aliphatic rings. The second-order valence-corrected chi connectivity index (χ2v) is 23.5. The molecule has 0 radical (unpaired) electrons. The van der Waals surface area contributed by atoms with Gasteiger partial charge in [-0.25, -0.2) is 0 Å². The molecule has 3 N–H and O–H groups in total. The van der Waals surface area contributed by atoms with Gasteiger partial charge in [0.05, 0.1) is 25.4 Å². The zero-order chi connectivity index (χ0) is 53.6. The first-order valence-corrected chi connectivity index (χ1v) is 33.9. The minimum atomic E-state index is -0.661. The maximum absolute atomic E-state index is 12.5. The lowest BCUT2D eigenvalue weighted by atomic mass is 10.0. The van der Waals surface area contributed by atoms with Crippen LogP contribution in [0.15, 0.2) is 12.2 Å². The highest BCUT2D eigenvalue weighted by Gasteiger charge is 2.20. The van der Waals surface area contributed by atoms with Gasteiger partial charge in [-0.2, -0.15) is 0 Å². The fourth-order valence-corrected chi connectivity index (χ4v) is 10.9. The molecule has 6 heteroatoms. The zero-order valence-electron chi connectivity index (χ0n) is 50.4. The Morgan fingerprint density at radius 3 is 0.959 bits per heavy atom.